The van der Waals surface area contributed by atoms with Gasteiger partial charge in [0.15, 0.2) is 0 Å². The lowest BCUT2D eigenvalue weighted by atomic mass is 9.89. The van der Waals surface area contributed by atoms with E-state index in [1.807, 2.05) is 20.8 Å². The summed E-state index contributed by atoms with van der Waals surface area (Å²) in [4.78, 5) is 23.6. The molecule has 1 heterocycles. The minimum atomic E-state index is -1.23. The topological polar surface area (TPSA) is 75.1 Å². The van der Waals surface area contributed by atoms with Gasteiger partial charge < -0.3 is 5.11 Å². The van der Waals surface area contributed by atoms with Gasteiger partial charge in [-0.3, -0.25) is 9.89 Å². The molecule has 20 heavy (non-hydrogen) atoms. The molecule has 0 fully saturated rings. The second kappa shape index (κ2) is 4.83. The third kappa shape index (κ3) is 2.49. The van der Waals surface area contributed by atoms with Crippen molar-refractivity contribution in [3.63, 3.8) is 0 Å². The Morgan fingerprint density at radius 3 is 2.20 bits per heavy atom. The summed E-state index contributed by atoms with van der Waals surface area (Å²) in [5.41, 5.74) is -0.357. The van der Waals surface area contributed by atoms with E-state index in [-0.39, 0.29) is 5.56 Å². The van der Waals surface area contributed by atoms with Gasteiger partial charge in [0.05, 0.1) is 11.4 Å². The molecule has 0 saturated carbocycles. The average molecular weight is 295 g/mol. The van der Waals surface area contributed by atoms with Crippen LogP contribution in [0.15, 0.2) is 29.1 Å². The Morgan fingerprint density at radius 2 is 1.80 bits per heavy atom. The Morgan fingerprint density at radius 1 is 1.25 bits per heavy atom. The molecule has 0 saturated heterocycles. The van der Waals surface area contributed by atoms with E-state index in [0.717, 1.165) is 0 Å². The summed E-state index contributed by atoms with van der Waals surface area (Å²) in [6, 6.07) is 6.58. The van der Waals surface area contributed by atoms with Crippen LogP contribution < -0.4 is 5.56 Å². The number of nitrogens with one attached hydrogen (secondary N) is 1. The van der Waals surface area contributed by atoms with Crippen LogP contribution in [0.2, 0.25) is 5.02 Å². The van der Waals surface area contributed by atoms with Crippen molar-refractivity contribution in [2.75, 3.05) is 0 Å². The summed E-state index contributed by atoms with van der Waals surface area (Å²) < 4.78 is 1.22. The van der Waals surface area contributed by atoms with E-state index in [1.165, 1.54) is 4.68 Å². The summed E-state index contributed by atoms with van der Waals surface area (Å²) in [6.45, 7) is 5.53. The maximum Gasteiger partial charge on any atom is 0.343 e. The zero-order valence-corrected chi connectivity index (χ0v) is 12.2. The molecule has 2 N–H and O–H groups in total. The highest BCUT2D eigenvalue weighted by atomic mass is 35.5. The molecule has 2 aromatic rings. The van der Waals surface area contributed by atoms with Crippen LogP contribution in [0.5, 0.6) is 0 Å². The highest BCUT2D eigenvalue weighted by molar-refractivity contribution is 6.30. The minimum Gasteiger partial charge on any atom is -0.477 e. The fourth-order valence-corrected chi connectivity index (χ4v) is 2.08. The molecule has 0 amide bonds. The van der Waals surface area contributed by atoms with Crippen molar-refractivity contribution in [2.24, 2.45) is 0 Å². The summed E-state index contributed by atoms with van der Waals surface area (Å²) >= 11 is 5.81. The molecule has 0 bridgehead atoms. The molecule has 2 rings (SSSR count). The Kier molecular flexibility index (Phi) is 3.48. The van der Waals surface area contributed by atoms with Crippen molar-refractivity contribution in [2.45, 2.75) is 26.2 Å². The van der Waals surface area contributed by atoms with Crippen LogP contribution in [0, 0.1) is 0 Å². The molecule has 0 spiro atoms. The van der Waals surface area contributed by atoms with Gasteiger partial charge in [-0.05, 0) is 24.3 Å². The maximum atomic E-state index is 12.3. The van der Waals surface area contributed by atoms with Crippen LogP contribution in [0.4, 0.5) is 0 Å². The molecular weight excluding hydrogens is 280 g/mol. The van der Waals surface area contributed by atoms with Gasteiger partial charge in [-0.25, -0.2) is 9.48 Å². The Balaban J connectivity index is 2.71. The fraction of sp³-hybridized carbons (Fsp3) is 0.286. The number of aromatic nitrogens is 2. The maximum absolute atomic E-state index is 12.3. The van der Waals surface area contributed by atoms with E-state index in [2.05, 4.69) is 5.10 Å². The van der Waals surface area contributed by atoms with E-state index in [4.69, 9.17) is 11.6 Å². The van der Waals surface area contributed by atoms with Crippen LogP contribution in [0.25, 0.3) is 5.69 Å². The standard InChI is InChI=1S/C14H15ClN2O3/c1-14(2,3)11-10(13(19)20)12(18)17(16-11)9-6-4-8(15)5-7-9/h4-7,16H,1-3H3,(H,19,20). The molecule has 1 aromatic heterocycles. The number of halogens is 1. The number of benzene rings is 1. The monoisotopic (exact) mass is 294 g/mol. The summed E-state index contributed by atoms with van der Waals surface area (Å²) in [6.07, 6.45) is 0. The van der Waals surface area contributed by atoms with Crippen molar-refractivity contribution in [1.29, 1.82) is 0 Å². The van der Waals surface area contributed by atoms with Crippen molar-refractivity contribution >= 4 is 17.6 Å². The SMILES string of the molecule is CC(C)(C)c1[nH]n(-c2ccc(Cl)cc2)c(=O)c1C(=O)O. The first-order valence-electron chi connectivity index (χ1n) is 6.06. The van der Waals surface area contributed by atoms with Crippen molar-refractivity contribution in [3.8, 4) is 5.69 Å². The lowest BCUT2D eigenvalue weighted by Crippen LogP contribution is -2.22. The normalized spacial score (nSPS) is 11.6. The fourth-order valence-electron chi connectivity index (χ4n) is 1.95. The van der Waals surface area contributed by atoms with Crippen LogP contribution in [0.1, 0.15) is 36.8 Å². The van der Waals surface area contributed by atoms with Crippen molar-refractivity contribution in [3.05, 3.63) is 50.9 Å². The van der Waals surface area contributed by atoms with Crippen LogP contribution in [-0.4, -0.2) is 20.9 Å². The number of aromatic amines is 1. The van der Waals surface area contributed by atoms with Crippen molar-refractivity contribution in [1.82, 2.24) is 9.78 Å². The number of aromatic carboxylic acids is 1. The number of hydrogen-bond acceptors (Lipinski definition) is 2. The van der Waals surface area contributed by atoms with Gasteiger partial charge in [0.1, 0.15) is 5.56 Å². The molecule has 6 heteroatoms. The van der Waals surface area contributed by atoms with Gasteiger partial charge in [-0.1, -0.05) is 32.4 Å². The Hall–Kier alpha value is -2.01. The average Bonchev–Trinajstić information content (AvgIpc) is 2.68. The summed E-state index contributed by atoms with van der Waals surface area (Å²) in [5.74, 6) is -1.23. The first kappa shape index (κ1) is 14.4. The predicted octanol–water partition coefficient (Wildman–Crippen LogP) is 2.81. The molecule has 1 aromatic carbocycles. The highest BCUT2D eigenvalue weighted by Crippen LogP contribution is 2.23. The highest BCUT2D eigenvalue weighted by Gasteiger charge is 2.28. The van der Waals surface area contributed by atoms with Gasteiger partial charge in [0, 0.05) is 10.4 Å². The van der Waals surface area contributed by atoms with E-state index in [1.54, 1.807) is 24.3 Å². The van der Waals surface area contributed by atoms with Gasteiger partial charge in [-0.2, -0.15) is 0 Å². The largest absolute Gasteiger partial charge is 0.477 e. The van der Waals surface area contributed by atoms with E-state index < -0.39 is 16.9 Å². The lowest BCUT2D eigenvalue weighted by Gasteiger charge is -2.17. The number of nitrogens with zero attached hydrogens (tertiary/aromatic N) is 1. The molecule has 106 valence electrons. The zero-order valence-electron chi connectivity index (χ0n) is 11.4. The number of H-pyrrole nitrogens is 1. The molecule has 0 unspecified atom stereocenters. The van der Waals surface area contributed by atoms with Crippen LogP contribution >= 0.6 is 11.6 Å². The first-order valence-corrected chi connectivity index (χ1v) is 6.44. The minimum absolute atomic E-state index is 0.229. The van der Waals surface area contributed by atoms with E-state index in [9.17, 15) is 14.7 Å². The number of carboxylic acid groups (broad SMARTS) is 1. The zero-order chi connectivity index (χ0) is 15.1. The van der Waals surface area contributed by atoms with Gasteiger partial charge in [0.25, 0.3) is 5.56 Å². The van der Waals surface area contributed by atoms with E-state index >= 15 is 0 Å². The van der Waals surface area contributed by atoms with E-state index in [0.29, 0.717) is 16.4 Å². The van der Waals surface area contributed by atoms with Gasteiger partial charge in [0.2, 0.25) is 0 Å². The number of hydrogen-bond donors (Lipinski definition) is 2. The number of carboxylic acids is 1. The van der Waals surface area contributed by atoms with Crippen molar-refractivity contribution < 1.29 is 9.90 Å². The van der Waals surface area contributed by atoms with Crippen LogP contribution in [0.3, 0.4) is 0 Å². The predicted molar refractivity (Wildman–Crippen MR) is 77.1 cm³/mol. The molecule has 0 aliphatic heterocycles. The Bertz CT molecular complexity index is 706. The summed E-state index contributed by atoms with van der Waals surface area (Å²) in [7, 11) is 0. The first-order chi connectivity index (χ1) is 9.21. The number of carbonyl (C=O) groups is 1. The second-order valence-electron chi connectivity index (χ2n) is 5.53. The molecular formula is C14H15ClN2O3. The molecule has 0 aliphatic rings. The number of rotatable bonds is 2. The quantitative estimate of drug-likeness (QED) is 0.894. The molecule has 0 aliphatic carbocycles. The lowest BCUT2D eigenvalue weighted by molar-refractivity contribution is 0.0692. The molecule has 0 atom stereocenters. The summed E-state index contributed by atoms with van der Waals surface area (Å²) in [5, 5.41) is 12.7. The van der Waals surface area contributed by atoms with Gasteiger partial charge >= 0.3 is 5.97 Å². The van der Waals surface area contributed by atoms with Gasteiger partial charge in [-0.15, -0.1) is 0 Å². The molecule has 5 nitrogen and oxygen atoms in total. The second-order valence-corrected chi connectivity index (χ2v) is 5.97. The smallest absolute Gasteiger partial charge is 0.343 e. The Labute approximate surface area is 120 Å². The third-order valence-corrected chi connectivity index (χ3v) is 3.19. The van der Waals surface area contributed by atoms with Crippen LogP contribution in [-0.2, 0) is 5.41 Å². The third-order valence-electron chi connectivity index (χ3n) is 2.94. The molecule has 0 radical (unpaired) electrons.